The summed E-state index contributed by atoms with van der Waals surface area (Å²) in [5.74, 6) is 1.52. The van der Waals surface area contributed by atoms with Gasteiger partial charge in [-0.05, 0) is 70.8 Å². The van der Waals surface area contributed by atoms with Crippen LogP contribution in [-0.4, -0.2) is 15.0 Å². The van der Waals surface area contributed by atoms with E-state index < -0.39 is 0 Å². The van der Waals surface area contributed by atoms with Gasteiger partial charge < -0.3 is 8.83 Å². The van der Waals surface area contributed by atoms with Crippen LogP contribution in [0.15, 0.2) is 167 Å². The van der Waals surface area contributed by atoms with Gasteiger partial charge in [0.2, 0.25) is 0 Å². The van der Waals surface area contributed by atoms with E-state index in [9.17, 15) is 5.26 Å². The Balaban J connectivity index is 1.17. The number of rotatable bonds is 5. The number of furan rings is 2. The molecule has 242 valence electrons. The van der Waals surface area contributed by atoms with Gasteiger partial charge in [0.05, 0.1) is 17.2 Å². The van der Waals surface area contributed by atoms with E-state index in [2.05, 4.69) is 60.7 Å². The predicted octanol–water partition coefficient (Wildman–Crippen LogP) is 11.9. The summed E-state index contributed by atoms with van der Waals surface area (Å²) in [4.78, 5) is 15.2. The molecular formula is C46H26N4O2. The smallest absolute Gasteiger partial charge is 0.167 e. The highest BCUT2D eigenvalue weighted by Crippen LogP contribution is 2.39. The molecule has 0 bridgehead atoms. The highest BCUT2D eigenvalue weighted by molar-refractivity contribution is 6.13. The van der Waals surface area contributed by atoms with Crippen LogP contribution in [0.3, 0.4) is 0 Å². The van der Waals surface area contributed by atoms with Gasteiger partial charge in [0, 0.05) is 32.7 Å². The monoisotopic (exact) mass is 666 g/mol. The number of fused-ring (bicyclic) bond motifs is 6. The van der Waals surface area contributed by atoms with E-state index >= 15 is 0 Å². The summed E-state index contributed by atoms with van der Waals surface area (Å²) in [7, 11) is 0. The van der Waals surface area contributed by atoms with Crippen molar-refractivity contribution >= 4 is 43.9 Å². The first-order valence-electron chi connectivity index (χ1n) is 17.0. The van der Waals surface area contributed by atoms with E-state index in [0.717, 1.165) is 82.8 Å². The largest absolute Gasteiger partial charge is 0.456 e. The van der Waals surface area contributed by atoms with Gasteiger partial charge in [-0.25, -0.2) is 15.0 Å². The van der Waals surface area contributed by atoms with E-state index in [1.807, 2.05) is 97.1 Å². The van der Waals surface area contributed by atoms with Crippen LogP contribution in [-0.2, 0) is 0 Å². The molecular weight excluding hydrogens is 641 g/mol. The summed E-state index contributed by atoms with van der Waals surface area (Å²) in [5, 5.41) is 13.6. The van der Waals surface area contributed by atoms with Gasteiger partial charge in [-0.3, -0.25) is 0 Å². The minimum absolute atomic E-state index is 0.498. The van der Waals surface area contributed by atoms with Crippen LogP contribution in [0.4, 0.5) is 0 Å². The Kier molecular flexibility index (Phi) is 6.76. The first-order chi connectivity index (χ1) is 25.7. The maximum absolute atomic E-state index is 9.52. The van der Waals surface area contributed by atoms with E-state index in [4.69, 9.17) is 23.8 Å². The molecule has 52 heavy (non-hydrogen) atoms. The molecule has 0 fully saturated rings. The third kappa shape index (κ3) is 4.92. The van der Waals surface area contributed by atoms with Gasteiger partial charge in [0.1, 0.15) is 22.3 Å². The van der Waals surface area contributed by atoms with E-state index in [0.29, 0.717) is 23.0 Å². The quantitative estimate of drug-likeness (QED) is 0.182. The number of aromatic nitrogens is 3. The Bertz CT molecular complexity index is 3040. The number of nitriles is 1. The molecule has 10 aromatic rings. The molecule has 3 heterocycles. The van der Waals surface area contributed by atoms with Crippen molar-refractivity contribution in [3.63, 3.8) is 0 Å². The zero-order valence-electron chi connectivity index (χ0n) is 27.6. The van der Waals surface area contributed by atoms with Crippen LogP contribution < -0.4 is 0 Å². The number of para-hydroxylation sites is 2. The lowest BCUT2D eigenvalue weighted by Gasteiger charge is -2.10. The van der Waals surface area contributed by atoms with Crippen LogP contribution in [0.5, 0.6) is 0 Å². The van der Waals surface area contributed by atoms with Crippen molar-refractivity contribution in [2.45, 2.75) is 0 Å². The molecule has 7 aromatic carbocycles. The molecule has 0 unspecified atom stereocenters. The van der Waals surface area contributed by atoms with Gasteiger partial charge in [-0.15, -0.1) is 0 Å². The molecule has 6 heteroatoms. The molecule has 0 saturated carbocycles. The van der Waals surface area contributed by atoms with E-state index in [1.54, 1.807) is 6.07 Å². The molecule has 0 aliphatic carbocycles. The molecule has 3 aromatic heterocycles. The number of hydrogen-bond donors (Lipinski definition) is 0. The summed E-state index contributed by atoms with van der Waals surface area (Å²) in [5.41, 5.74) is 10.2. The lowest BCUT2D eigenvalue weighted by atomic mass is 9.99. The fourth-order valence-corrected chi connectivity index (χ4v) is 7.11. The first-order valence-corrected chi connectivity index (χ1v) is 17.0. The molecule has 0 aliphatic rings. The minimum Gasteiger partial charge on any atom is -0.456 e. The number of benzene rings is 7. The van der Waals surface area contributed by atoms with Gasteiger partial charge in [-0.1, -0.05) is 109 Å². The van der Waals surface area contributed by atoms with E-state index in [1.165, 1.54) is 0 Å². The van der Waals surface area contributed by atoms with Gasteiger partial charge in [-0.2, -0.15) is 5.26 Å². The van der Waals surface area contributed by atoms with Crippen molar-refractivity contribution in [2.24, 2.45) is 0 Å². The van der Waals surface area contributed by atoms with E-state index in [-0.39, 0.29) is 0 Å². The normalized spacial score (nSPS) is 11.4. The summed E-state index contributed by atoms with van der Waals surface area (Å²) < 4.78 is 12.9. The van der Waals surface area contributed by atoms with Crippen LogP contribution in [0, 0.1) is 11.3 Å². The van der Waals surface area contributed by atoms with Gasteiger partial charge >= 0.3 is 0 Å². The van der Waals surface area contributed by atoms with Crippen LogP contribution >= 0.6 is 0 Å². The van der Waals surface area contributed by atoms with Gasteiger partial charge in [0.15, 0.2) is 17.5 Å². The standard InChI is InChI=1S/C46H26N4O2/c47-27-28-10-6-13-30(24-28)31-14-7-15-32(25-31)44-48-45(50-46(49-44)38-19-8-18-36-35-16-4-5-20-39(35)52-43(36)38)33-22-23-37-41(26-33)51-40-21-9-17-34(42(37)40)29-11-2-1-3-12-29/h1-26H. The minimum atomic E-state index is 0.498. The lowest BCUT2D eigenvalue weighted by Crippen LogP contribution is -2.00. The van der Waals surface area contributed by atoms with Crippen molar-refractivity contribution < 1.29 is 8.83 Å². The Morgan fingerprint density at radius 1 is 0.404 bits per heavy atom. The topological polar surface area (TPSA) is 88.7 Å². The molecule has 0 atom stereocenters. The molecule has 6 nitrogen and oxygen atoms in total. The molecule has 10 rings (SSSR count). The van der Waals surface area contributed by atoms with Crippen molar-refractivity contribution in [3.05, 3.63) is 163 Å². The Hall–Kier alpha value is -7.36. The summed E-state index contributed by atoms with van der Waals surface area (Å²) >= 11 is 0. The van der Waals surface area contributed by atoms with Crippen LogP contribution in [0.1, 0.15) is 5.56 Å². The maximum atomic E-state index is 9.52. The fraction of sp³-hybridized carbons (Fsp3) is 0. The average molecular weight is 667 g/mol. The number of hydrogen-bond acceptors (Lipinski definition) is 6. The Labute approximate surface area is 297 Å². The number of nitrogens with zero attached hydrogens (tertiary/aromatic N) is 4. The van der Waals surface area contributed by atoms with Crippen LogP contribution in [0.25, 0.3) is 100 Å². The zero-order chi connectivity index (χ0) is 34.6. The van der Waals surface area contributed by atoms with Gasteiger partial charge in [0.25, 0.3) is 0 Å². The zero-order valence-corrected chi connectivity index (χ0v) is 27.6. The SMILES string of the molecule is N#Cc1cccc(-c2cccc(-c3nc(-c4ccc5c(c4)oc4cccc(-c6ccccc6)c45)nc(-c4cccc5c4oc4ccccc45)n3)c2)c1. The van der Waals surface area contributed by atoms with Crippen molar-refractivity contribution in [1.82, 2.24) is 15.0 Å². The van der Waals surface area contributed by atoms with Crippen molar-refractivity contribution in [1.29, 1.82) is 5.26 Å². The molecule has 0 radical (unpaired) electrons. The third-order valence-electron chi connectivity index (χ3n) is 9.57. The van der Waals surface area contributed by atoms with Crippen LogP contribution in [0.2, 0.25) is 0 Å². The fourth-order valence-electron chi connectivity index (χ4n) is 7.11. The lowest BCUT2D eigenvalue weighted by molar-refractivity contribution is 0.668. The molecule has 0 saturated heterocycles. The maximum Gasteiger partial charge on any atom is 0.167 e. The highest BCUT2D eigenvalue weighted by atomic mass is 16.3. The highest BCUT2D eigenvalue weighted by Gasteiger charge is 2.19. The molecule has 0 amide bonds. The molecule has 0 N–H and O–H groups in total. The first kappa shape index (κ1) is 29.5. The Morgan fingerprint density at radius 3 is 1.90 bits per heavy atom. The predicted molar refractivity (Wildman–Crippen MR) is 206 cm³/mol. The second kappa shape index (κ2) is 11.9. The van der Waals surface area contributed by atoms with Crippen molar-refractivity contribution in [3.8, 4) is 62.5 Å². The third-order valence-corrected chi connectivity index (χ3v) is 9.57. The summed E-state index contributed by atoms with van der Waals surface area (Å²) in [6, 6.07) is 54.7. The molecule has 0 aliphatic heterocycles. The summed E-state index contributed by atoms with van der Waals surface area (Å²) in [6.07, 6.45) is 0. The van der Waals surface area contributed by atoms with Crippen molar-refractivity contribution in [2.75, 3.05) is 0 Å². The average Bonchev–Trinajstić information content (AvgIpc) is 3.79. The Morgan fingerprint density at radius 2 is 1.04 bits per heavy atom. The second-order valence-corrected chi connectivity index (χ2v) is 12.7. The second-order valence-electron chi connectivity index (χ2n) is 12.7. The molecule has 0 spiro atoms. The summed E-state index contributed by atoms with van der Waals surface area (Å²) in [6.45, 7) is 0.